The summed E-state index contributed by atoms with van der Waals surface area (Å²) in [6.07, 6.45) is -0.124. The molecular weight excluding hydrogens is 270 g/mol. The van der Waals surface area contributed by atoms with E-state index in [9.17, 15) is 9.59 Å². The maximum Gasteiger partial charge on any atom is 0.305 e. The summed E-state index contributed by atoms with van der Waals surface area (Å²) in [6, 6.07) is 7.41. The number of aryl methyl sites for hydroxylation is 1. The van der Waals surface area contributed by atoms with Crippen LogP contribution in [-0.2, 0) is 9.59 Å². The molecule has 0 saturated heterocycles. The van der Waals surface area contributed by atoms with Gasteiger partial charge in [-0.15, -0.1) is 0 Å². The highest BCUT2D eigenvalue weighted by Gasteiger charge is 2.32. The Bertz CT molecular complexity index is 513. The summed E-state index contributed by atoms with van der Waals surface area (Å²) < 4.78 is 5.42. The summed E-state index contributed by atoms with van der Waals surface area (Å²) >= 11 is 0. The fourth-order valence-electron chi connectivity index (χ4n) is 1.92. The van der Waals surface area contributed by atoms with Gasteiger partial charge in [0.15, 0.2) is 6.61 Å². The Hall–Kier alpha value is -2.04. The first-order valence-electron chi connectivity index (χ1n) is 6.95. The van der Waals surface area contributed by atoms with Crippen LogP contribution >= 0.6 is 0 Å². The van der Waals surface area contributed by atoms with Crippen molar-refractivity contribution in [1.82, 2.24) is 5.32 Å². The minimum atomic E-state index is -0.939. The summed E-state index contributed by atoms with van der Waals surface area (Å²) in [6.45, 7) is 7.30. The summed E-state index contributed by atoms with van der Waals surface area (Å²) in [4.78, 5) is 22.9. The molecule has 5 nitrogen and oxygen atoms in total. The van der Waals surface area contributed by atoms with Crippen LogP contribution in [0.1, 0.15) is 32.8 Å². The average molecular weight is 293 g/mol. The second kappa shape index (κ2) is 7.11. The Kier molecular flexibility index (Phi) is 5.76. The molecule has 0 spiro atoms. The molecule has 1 atom stereocenters. The van der Waals surface area contributed by atoms with Crippen LogP contribution in [0.2, 0.25) is 0 Å². The van der Waals surface area contributed by atoms with Crippen LogP contribution in [-0.4, -0.2) is 29.1 Å². The number of carboxylic acids is 1. The maximum atomic E-state index is 12.0. The van der Waals surface area contributed by atoms with Gasteiger partial charge in [0.1, 0.15) is 5.75 Å². The Labute approximate surface area is 125 Å². The first-order valence-corrected chi connectivity index (χ1v) is 6.95. The fourth-order valence-corrected chi connectivity index (χ4v) is 1.92. The van der Waals surface area contributed by atoms with E-state index in [0.717, 1.165) is 5.56 Å². The van der Waals surface area contributed by atoms with E-state index in [2.05, 4.69) is 5.32 Å². The van der Waals surface area contributed by atoms with E-state index in [1.54, 1.807) is 13.0 Å². The Morgan fingerprint density at radius 3 is 2.57 bits per heavy atom. The molecular formula is C16H23NO4. The maximum absolute atomic E-state index is 12.0. The van der Waals surface area contributed by atoms with Gasteiger partial charge < -0.3 is 15.2 Å². The molecule has 0 aliphatic carbocycles. The second-order valence-electron chi connectivity index (χ2n) is 5.80. The minimum Gasteiger partial charge on any atom is -0.484 e. The lowest BCUT2D eigenvalue weighted by molar-refractivity contribution is -0.139. The molecule has 1 aromatic carbocycles. The number of benzene rings is 1. The van der Waals surface area contributed by atoms with Gasteiger partial charge in [-0.2, -0.15) is 0 Å². The van der Waals surface area contributed by atoms with Crippen LogP contribution < -0.4 is 10.1 Å². The van der Waals surface area contributed by atoms with Crippen LogP contribution in [0.3, 0.4) is 0 Å². The van der Waals surface area contributed by atoms with Gasteiger partial charge in [-0.05, 0) is 37.5 Å². The van der Waals surface area contributed by atoms with Gasteiger partial charge in [0.2, 0.25) is 0 Å². The number of nitrogens with one attached hydrogen (secondary N) is 1. The van der Waals surface area contributed by atoms with Crippen molar-refractivity contribution < 1.29 is 19.4 Å². The number of carbonyl (C=O) groups excluding carboxylic acids is 1. The van der Waals surface area contributed by atoms with Crippen molar-refractivity contribution in [2.24, 2.45) is 5.92 Å². The molecule has 116 valence electrons. The van der Waals surface area contributed by atoms with Crippen molar-refractivity contribution in [3.8, 4) is 5.75 Å². The Morgan fingerprint density at radius 1 is 1.38 bits per heavy atom. The van der Waals surface area contributed by atoms with Gasteiger partial charge in [0.05, 0.1) is 12.0 Å². The van der Waals surface area contributed by atoms with Gasteiger partial charge in [0.25, 0.3) is 5.91 Å². The molecule has 0 radical (unpaired) electrons. The van der Waals surface area contributed by atoms with Crippen molar-refractivity contribution in [3.05, 3.63) is 29.8 Å². The number of amides is 1. The average Bonchev–Trinajstić information content (AvgIpc) is 2.35. The van der Waals surface area contributed by atoms with Gasteiger partial charge in [0, 0.05) is 0 Å². The predicted molar refractivity (Wildman–Crippen MR) is 80.3 cm³/mol. The van der Waals surface area contributed by atoms with Gasteiger partial charge in [-0.1, -0.05) is 26.0 Å². The van der Waals surface area contributed by atoms with E-state index in [4.69, 9.17) is 9.84 Å². The molecule has 0 saturated carbocycles. The third kappa shape index (κ3) is 5.45. The molecule has 0 bridgehead atoms. The van der Waals surface area contributed by atoms with Gasteiger partial charge >= 0.3 is 5.97 Å². The van der Waals surface area contributed by atoms with E-state index in [1.807, 2.05) is 39.0 Å². The molecule has 5 heteroatoms. The summed E-state index contributed by atoms with van der Waals surface area (Å²) in [5, 5.41) is 11.7. The zero-order valence-corrected chi connectivity index (χ0v) is 13.0. The molecule has 1 amide bonds. The second-order valence-corrected chi connectivity index (χ2v) is 5.80. The SMILES string of the molecule is Cc1cccc(OCC(=O)NC(C)(CC(=O)O)C(C)C)c1. The molecule has 0 fully saturated rings. The summed E-state index contributed by atoms with van der Waals surface area (Å²) in [5.41, 5.74) is 0.254. The van der Waals surface area contributed by atoms with E-state index in [-0.39, 0.29) is 24.9 Å². The van der Waals surface area contributed by atoms with Crippen molar-refractivity contribution >= 4 is 11.9 Å². The number of carbonyl (C=O) groups is 2. The van der Waals surface area contributed by atoms with Crippen LogP contribution in [0, 0.1) is 12.8 Å². The highest BCUT2D eigenvalue weighted by molar-refractivity contribution is 5.79. The molecule has 2 N–H and O–H groups in total. The standard InChI is InChI=1S/C16H23NO4/c1-11(2)16(4,9-15(19)20)17-14(18)10-21-13-7-5-6-12(3)8-13/h5-8,11H,9-10H2,1-4H3,(H,17,18)(H,19,20). The first-order chi connectivity index (χ1) is 9.73. The molecule has 0 aromatic heterocycles. The Morgan fingerprint density at radius 2 is 2.05 bits per heavy atom. The molecule has 0 heterocycles. The third-order valence-corrected chi connectivity index (χ3v) is 3.58. The van der Waals surface area contributed by atoms with Crippen molar-refractivity contribution in [2.75, 3.05) is 6.61 Å². The number of aliphatic carboxylic acids is 1. The van der Waals surface area contributed by atoms with E-state index < -0.39 is 11.5 Å². The smallest absolute Gasteiger partial charge is 0.305 e. The number of hydrogen-bond donors (Lipinski definition) is 2. The molecule has 0 aliphatic rings. The predicted octanol–water partition coefficient (Wildman–Crippen LogP) is 2.38. The van der Waals surface area contributed by atoms with Gasteiger partial charge in [-0.25, -0.2) is 0 Å². The van der Waals surface area contributed by atoms with Crippen LogP contribution in [0.5, 0.6) is 5.75 Å². The number of carboxylic acid groups (broad SMARTS) is 1. The van der Waals surface area contributed by atoms with E-state index in [1.165, 1.54) is 0 Å². The Balaban J connectivity index is 2.60. The zero-order chi connectivity index (χ0) is 16.0. The largest absolute Gasteiger partial charge is 0.484 e. The summed E-state index contributed by atoms with van der Waals surface area (Å²) in [5.74, 6) is -0.647. The molecule has 1 aromatic rings. The van der Waals surface area contributed by atoms with Crippen molar-refractivity contribution in [3.63, 3.8) is 0 Å². The van der Waals surface area contributed by atoms with E-state index in [0.29, 0.717) is 5.75 Å². The molecule has 1 unspecified atom stereocenters. The van der Waals surface area contributed by atoms with Crippen LogP contribution in [0.25, 0.3) is 0 Å². The van der Waals surface area contributed by atoms with Gasteiger partial charge in [-0.3, -0.25) is 9.59 Å². The lowest BCUT2D eigenvalue weighted by Crippen LogP contribution is -2.52. The number of hydrogen-bond acceptors (Lipinski definition) is 3. The van der Waals surface area contributed by atoms with Crippen LogP contribution in [0.15, 0.2) is 24.3 Å². The molecule has 21 heavy (non-hydrogen) atoms. The quantitative estimate of drug-likeness (QED) is 0.809. The minimum absolute atomic E-state index is 0.00322. The third-order valence-electron chi connectivity index (χ3n) is 3.58. The monoisotopic (exact) mass is 293 g/mol. The fraction of sp³-hybridized carbons (Fsp3) is 0.500. The topological polar surface area (TPSA) is 75.6 Å². The van der Waals surface area contributed by atoms with Crippen molar-refractivity contribution in [2.45, 2.75) is 39.7 Å². The highest BCUT2D eigenvalue weighted by atomic mass is 16.5. The van der Waals surface area contributed by atoms with Crippen LogP contribution in [0.4, 0.5) is 0 Å². The van der Waals surface area contributed by atoms with Crippen molar-refractivity contribution in [1.29, 1.82) is 0 Å². The lowest BCUT2D eigenvalue weighted by Gasteiger charge is -2.33. The summed E-state index contributed by atoms with van der Waals surface area (Å²) in [7, 11) is 0. The zero-order valence-electron chi connectivity index (χ0n) is 13.0. The highest BCUT2D eigenvalue weighted by Crippen LogP contribution is 2.21. The molecule has 1 rings (SSSR count). The first kappa shape index (κ1) is 17.0. The number of ether oxygens (including phenoxy) is 1. The lowest BCUT2D eigenvalue weighted by atomic mass is 9.85. The molecule has 0 aliphatic heterocycles. The number of rotatable bonds is 7. The van der Waals surface area contributed by atoms with E-state index >= 15 is 0 Å². The normalized spacial score (nSPS) is 13.6.